The molecule has 1 aliphatic heterocycles. The van der Waals surface area contributed by atoms with Gasteiger partial charge in [-0.25, -0.2) is 4.98 Å². The lowest BCUT2D eigenvalue weighted by atomic mass is 9.96. The van der Waals surface area contributed by atoms with Crippen LogP contribution in [-0.2, 0) is 0 Å². The van der Waals surface area contributed by atoms with Crippen LogP contribution in [0.4, 0.5) is 5.95 Å². The van der Waals surface area contributed by atoms with Gasteiger partial charge in [0, 0.05) is 5.70 Å². The minimum atomic E-state index is 0.0893. The molecular formula is C27H27N3. The minimum absolute atomic E-state index is 0.0893. The Morgan fingerprint density at radius 2 is 1.67 bits per heavy atom. The number of hydrogen-bond acceptors (Lipinski definition) is 2. The van der Waals surface area contributed by atoms with Gasteiger partial charge < -0.3 is 5.32 Å². The first kappa shape index (κ1) is 18.7. The van der Waals surface area contributed by atoms with Crippen LogP contribution >= 0.6 is 0 Å². The SMILES string of the molecule is Cc1ccc(C2=C[C@H](c3ccc(C(C)C)cc3)n3c(nc4ccccc43)N2)cc1C. The monoisotopic (exact) mass is 393 g/mol. The zero-order valence-corrected chi connectivity index (χ0v) is 18.0. The molecule has 30 heavy (non-hydrogen) atoms. The zero-order valence-electron chi connectivity index (χ0n) is 18.0. The quantitative estimate of drug-likeness (QED) is 0.413. The fraction of sp³-hybridized carbons (Fsp3) is 0.222. The van der Waals surface area contributed by atoms with Gasteiger partial charge >= 0.3 is 0 Å². The molecule has 0 fully saturated rings. The second-order valence-corrected chi connectivity index (χ2v) is 8.56. The van der Waals surface area contributed by atoms with Crippen LogP contribution in [-0.4, -0.2) is 9.55 Å². The lowest BCUT2D eigenvalue weighted by molar-refractivity contribution is 0.719. The number of aromatic nitrogens is 2. The fourth-order valence-electron chi connectivity index (χ4n) is 4.21. The third-order valence-corrected chi connectivity index (χ3v) is 6.21. The molecule has 3 nitrogen and oxygen atoms in total. The Hall–Kier alpha value is -3.33. The summed E-state index contributed by atoms with van der Waals surface area (Å²) >= 11 is 0. The van der Waals surface area contributed by atoms with Crippen LogP contribution in [0.15, 0.2) is 72.8 Å². The molecule has 0 spiro atoms. The van der Waals surface area contributed by atoms with Crippen LogP contribution in [0.5, 0.6) is 0 Å². The number of nitrogens with zero attached hydrogens (tertiary/aromatic N) is 2. The fourth-order valence-corrected chi connectivity index (χ4v) is 4.21. The number of allylic oxidation sites excluding steroid dienone is 1. The van der Waals surface area contributed by atoms with Gasteiger partial charge in [0.2, 0.25) is 5.95 Å². The van der Waals surface area contributed by atoms with Crippen LogP contribution in [0.25, 0.3) is 16.7 Å². The van der Waals surface area contributed by atoms with E-state index in [1.165, 1.54) is 27.8 Å². The van der Waals surface area contributed by atoms with Crippen molar-refractivity contribution in [1.29, 1.82) is 0 Å². The van der Waals surface area contributed by atoms with Crippen molar-refractivity contribution in [2.45, 2.75) is 39.7 Å². The van der Waals surface area contributed by atoms with Gasteiger partial charge in [-0.1, -0.05) is 62.4 Å². The van der Waals surface area contributed by atoms with Crippen molar-refractivity contribution in [2.75, 3.05) is 5.32 Å². The molecule has 150 valence electrons. The molecule has 0 radical (unpaired) electrons. The van der Waals surface area contributed by atoms with Gasteiger partial charge in [0.25, 0.3) is 0 Å². The van der Waals surface area contributed by atoms with E-state index in [4.69, 9.17) is 4.98 Å². The van der Waals surface area contributed by atoms with Crippen LogP contribution in [0.2, 0.25) is 0 Å². The van der Waals surface area contributed by atoms with E-state index in [9.17, 15) is 0 Å². The van der Waals surface area contributed by atoms with E-state index >= 15 is 0 Å². The molecule has 1 aliphatic rings. The third kappa shape index (κ3) is 3.11. The molecule has 0 unspecified atom stereocenters. The predicted molar refractivity (Wildman–Crippen MR) is 126 cm³/mol. The van der Waals surface area contributed by atoms with Crippen LogP contribution in [0.3, 0.4) is 0 Å². The highest BCUT2D eigenvalue weighted by Crippen LogP contribution is 2.37. The van der Waals surface area contributed by atoms with Crippen LogP contribution in [0.1, 0.15) is 53.6 Å². The zero-order chi connectivity index (χ0) is 20.8. The summed E-state index contributed by atoms with van der Waals surface area (Å²) in [5.74, 6) is 1.42. The number of rotatable bonds is 3. The molecule has 0 amide bonds. The summed E-state index contributed by atoms with van der Waals surface area (Å²) in [4.78, 5) is 4.90. The number of aryl methyl sites for hydroxylation is 2. The lowest BCUT2D eigenvalue weighted by Gasteiger charge is -2.27. The smallest absolute Gasteiger partial charge is 0.209 e. The molecule has 1 N–H and O–H groups in total. The number of para-hydroxylation sites is 2. The van der Waals surface area contributed by atoms with Crippen molar-refractivity contribution in [3.05, 3.63) is 101 Å². The largest absolute Gasteiger partial charge is 0.325 e. The van der Waals surface area contributed by atoms with E-state index in [-0.39, 0.29) is 6.04 Å². The maximum atomic E-state index is 4.90. The maximum absolute atomic E-state index is 4.90. The second-order valence-electron chi connectivity index (χ2n) is 8.56. The number of anilines is 1. The Bertz CT molecular complexity index is 1260. The molecule has 3 heteroatoms. The average molecular weight is 394 g/mol. The topological polar surface area (TPSA) is 29.9 Å². The number of fused-ring (bicyclic) bond motifs is 3. The van der Waals surface area contributed by atoms with Crippen molar-refractivity contribution < 1.29 is 0 Å². The van der Waals surface area contributed by atoms with Crippen molar-refractivity contribution in [1.82, 2.24) is 9.55 Å². The molecule has 3 aromatic carbocycles. The molecule has 0 bridgehead atoms. The van der Waals surface area contributed by atoms with Gasteiger partial charge in [-0.3, -0.25) is 4.57 Å². The predicted octanol–water partition coefficient (Wildman–Crippen LogP) is 6.83. The van der Waals surface area contributed by atoms with E-state index in [1.807, 2.05) is 6.07 Å². The lowest BCUT2D eigenvalue weighted by Crippen LogP contribution is -2.19. The van der Waals surface area contributed by atoms with Crippen molar-refractivity contribution in [2.24, 2.45) is 0 Å². The highest BCUT2D eigenvalue weighted by Gasteiger charge is 2.25. The van der Waals surface area contributed by atoms with Gasteiger partial charge in [0.1, 0.15) is 0 Å². The number of hydrogen-bond donors (Lipinski definition) is 1. The highest BCUT2D eigenvalue weighted by atomic mass is 15.2. The molecule has 4 aromatic rings. The Morgan fingerprint density at radius 1 is 0.900 bits per heavy atom. The van der Waals surface area contributed by atoms with Gasteiger partial charge in [0.15, 0.2) is 0 Å². The summed E-state index contributed by atoms with van der Waals surface area (Å²) in [6, 6.07) is 24.1. The molecule has 5 rings (SSSR count). The van der Waals surface area contributed by atoms with E-state index in [0.29, 0.717) is 5.92 Å². The summed E-state index contributed by atoms with van der Waals surface area (Å²) in [7, 11) is 0. The summed E-state index contributed by atoms with van der Waals surface area (Å²) in [6.45, 7) is 8.79. The molecule has 0 saturated carbocycles. The Kier molecular flexibility index (Phi) is 4.47. The normalized spacial score (nSPS) is 15.8. The van der Waals surface area contributed by atoms with Crippen molar-refractivity contribution >= 4 is 22.7 Å². The second kappa shape index (κ2) is 7.17. The first-order valence-corrected chi connectivity index (χ1v) is 10.6. The maximum Gasteiger partial charge on any atom is 0.209 e. The third-order valence-electron chi connectivity index (χ3n) is 6.21. The summed E-state index contributed by atoms with van der Waals surface area (Å²) in [6.07, 6.45) is 2.33. The molecule has 0 aliphatic carbocycles. The molecular weight excluding hydrogens is 366 g/mol. The van der Waals surface area contributed by atoms with Gasteiger partial charge in [-0.15, -0.1) is 0 Å². The standard InChI is InChI=1S/C27H27N3/c1-17(2)20-11-13-21(14-12-20)26-16-24(22-10-9-18(3)19(4)15-22)29-27-28-23-7-5-6-8-25(23)30(26)27/h5-17,26H,1-4H3,(H,28,29)/t26-/m1/s1. The Balaban J connectivity index is 1.68. The summed E-state index contributed by atoms with van der Waals surface area (Å²) < 4.78 is 2.31. The first-order chi connectivity index (χ1) is 14.5. The van der Waals surface area contributed by atoms with Crippen LogP contribution < -0.4 is 5.32 Å². The molecule has 2 heterocycles. The Labute approximate surface area is 178 Å². The van der Waals surface area contributed by atoms with E-state index in [0.717, 1.165) is 22.7 Å². The highest BCUT2D eigenvalue weighted by molar-refractivity contribution is 5.85. The van der Waals surface area contributed by atoms with Gasteiger partial charge in [-0.2, -0.15) is 0 Å². The minimum Gasteiger partial charge on any atom is -0.325 e. The van der Waals surface area contributed by atoms with E-state index in [2.05, 4.69) is 104 Å². The first-order valence-electron chi connectivity index (χ1n) is 10.6. The average Bonchev–Trinajstić information content (AvgIpc) is 3.13. The van der Waals surface area contributed by atoms with Crippen molar-refractivity contribution in [3.8, 4) is 0 Å². The molecule has 1 aromatic heterocycles. The molecule has 0 saturated heterocycles. The number of imidazole rings is 1. The summed E-state index contributed by atoms with van der Waals surface area (Å²) in [5.41, 5.74) is 9.70. The van der Waals surface area contributed by atoms with E-state index in [1.54, 1.807) is 0 Å². The number of benzene rings is 3. The van der Waals surface area contributed by atoms with E-state index < -0.39 is 0 Å². The molecule has 1 atom stereocenters. The van der Waals surface area contributed by atoms with Gasteiger partial charge in [0.05, 0.1) is 17.1 Å². The number of nitrogens with one attached hydrogen (secondary N) is 1. The van der Waals surface area contributed by atoms with Crippen LogP contribution in [0, 0.1) is 13.8 Å². The summed E-state index contributed by atoms with van der Waals surface area (Å²) in [5, 5.41) is 3.59. The Morgan fingerprint density at radius 3 is 2.40 bits per heavy atom. The van der Waals surface area contributed by atoms with Gasteiger partial charge in [-0.05, 0) is 71.9 Å². The van der Waals surface area contributed by atoms with Crippen molar-refractivity contribution in [3.63, 3.8) is 0 Å².